The minimum absolute atomic E-state index is 0. The first kappa shape index (κ1) is 17.4. The fraction of sp³-hybridized carbons (Fsp3) is 0.176. The first-order chi connectivity index (χ1) is 10.1. The Bertz CT molecular complexity index is 910. The van der Waals surface area contributed by atoms with Crippen molar-refractivity contribution < 1.29 is 43.6 Å². The number of fused-ring (bicyclic) bond motifs is 3. The van der Waals surface area contributed by atoms with Crippen LogP contribution in [0.2, 0.25) is 0 Å². The topological polar surface area (TPSA) is 43.4 Å². The quantitative estimate of drug-likeness (QED) is 0.412. The summed E-state index contributed by atoms with van der Waals surface area (Å²) in [5, 5.41) is 3.76. The summed E-state index contributed by atoms with van der Waals surface area (Å²) in [6, 6.07) is 17.0. The van der Waals surface area contributed by atoms with Gasteiger partial charge in [0, 0.05) is 5.39 Å². The fourth-order valence-electron chi connectivity index (χ4n) is 2.49. The Kier molecular flexibility index (Phi) is 5.64. The standard InChI is InChI=1S/C17H16O3S.Na.H/c1-2-12-20-21(18,19)17-9-5-8-15-14-7-4-3-6-13(14)10-11-16(15)17;;/h3-11H,2,12H2,1H3;;/q;+1;-1. The van der Waals surface area contributed by atoms with Gasteiger partial charge >= 0.3 is 29.6 Å². The SMILES string of the molecule is CCCOS(=O)(=O)c1cccc2c1ccc1ccccc12.[H-].[Na+]. The van der Waals surface area contributed by atoms with Crippen LogP contribution in [0.4, 0.5) is 0 Å². The normalized spacial score (nSPS) is 11.5. The van der Waals surface area contributed by atoms with Crippen molar-refractivity contribution in [1.82, 2.24) is 0 Å². The van der Waals surface area contributed by atoms with Crippen molar-refractivity contribution in [1.29, 1.82) is 0 Å². The third-order valence-electron chi connectivity index (χ3n) is 3.46. The molecule has 0 atom stereocenters. The minimum Gasteiger partial charge on any atom is -1.00 e. The van der Waals surface area contributed by atoms with Gasteiger partial charge < -0.3 is 1.43 Å². The minimum atomic E-state index is -3.72. The van der Waals surface area contributed by atoms with Gasteiger partial charge in [-0.05, 0) is 28.6 Å². The van der Waals surface area contributed by atoms with E-state index in [1.54, 1.807) is 12.1 Å². The Morgan fingerprint density at radius 1 is 0.909 bits per heavy atom. The molecule has 0 bridgehead atoms. The molecule has 3 nitrogen and oxygen atoms in total. The average Bonchev–Trinajstić information content (AvgIpc) is 2.52. The molecule has 0 saturated carbocycles. The summed E-state index contributed by atoms with van der Waals surface area (Å²) in [6.45, 7) is 2.08. The third kappa shape index (κ3) is 3.21. The second kappa shape index (κ2) is 7.11. The maximum absolute atomic E-state index is 12.3. The number of hydrogen-bond acceptors (Lipinski definition) is 3. The van der Waals surface area contributed by atoms with E-state index in [2.05, 4.69) is 0 Å². The molecule has 5 heteroatoms. The van der Waals surface area contributed by atoms with Gasteiger partial charge in [-0.15, -0.1) is 0 Å². The molecule has 3 aromatic carbocycles. The molecule has 0 amide bonds. The van der Waals surface area contributed by atoms with Crippen LogP contribution >= 0.6 is 0 Å². The Hall–Kier alpha value is -0.910. The van der Waals surface area contributed by atoms with E-state index >= 15 is 0 Å². The van der Waals surface area contributed by atoms with Crippen LogP contribution in [0.3, 0.4) is 0 Å². The second-order valence-electron chi connectivity index (χ2n) is 4.91. The van der Waals surface area contributed by atoms with Gasteiger partial charge in [-0.3, -0.25) is 4.18 Å². The van der Waals surface area contributed by atoms with Gasteiger partial charge in [-0.1, -0.05) is 55.5 Å². The summed E-state index contributed by atoms with van der Waals surface area (Å²) in [4.78, 5) is 0.235. The molecule has 0 fully saturated rings. The van der Waals surface area contributed by atoms with Crippen molar-refractivity contribution in [3.8, 4) is 0 Å². The van der Waals surface area contributed by atoms with E-state index in [1.165, 1.54) is 0 Å². The Balaban J connectivity index is 0.00000132. The maximum atomic E-state index is 12.3. The molecule has 110 valence electrons. The summed E-state index contributed by atoms with van der Waals surface area (Å²) < 4.78 is 29.7. The van der Waals surface area contributed by atoms with Crippen LogP contribution in [0, 0.1) is 0 Å². The molecule has 3 aromatic rings. The molecule has 0 aliphatic carbocycles. The van der Waals surface area contributed by atoms with Gasteiger partial charge in [0.15, 0.2) is 0 Å². The van der Waals surface area contributed by atoms with Crippen molar-refractivity contribution in [3.63, 3.8) is 0 Å². The molecule has 0 spiro atoms. The van der Waals surface area contributed by atoms with Gasteiger partial charge in [0.1, 0.15) is 4.90 Å². The van der Waals surface area contributed by atoms with Crippen LogP contribution in [-0.4, -0.2) is 15.0 Å². The van der Waals surface area contributed by atoms with E-state index in [0.717, 1.165) is 16.2 Å². The zero-order valence-corrected chi connectivity index (χ0v) is 15.6. The molecule has 3 rings (SSSR count). The van der Waals surface area contributed by atoms with Crippen molar-refractivity contribution in [2.24, 2.45) is 0 Å². The maximum Gasteiger partial charge on any atom is 1.00 e. The first-order valence-corrected chi connectivity index (χ1v) is 8.34. The van der Waals surface area contributed by atoms with Crippen molar-refractivity contribution in [3.05, 3.63) is 54.6 Å². The molecule has 0 radical (unpaired) electrons. The van der Waals surface area contributed by atoms with E-state index in [0.29, 0.717) is 11.8 Å². The molecule has 0 aliphatic heterocycles. The summed E-state index contributed by atoms with van der Waals surface area (Å²) >= 11 is 0. The molecule has 0 saturated heterocycles. The Morgan fingerprint density at radius 2 is 1.64 bits per heavy atom. The average molecular weight is 324 g/mol. The zero-order valence-electron chi connectivity index (χ0n) is 13.7. The zero-order chi connectivity index (χ0) is 14.9. The second-order valence-corrected chi connectivity index (χ2v) is 6.50. The van der Waals surface area contributed by atoms with E-state index in [1.807, 2.05) is 49.4 Å². The number of rotatable bonds is 4. The smallest absolute Gasteiger partial charge is 1.00 e. The van der Waals surface area contributed by atoms with Crippen molar-refractivity contribution in [2.75, 3.05) is 6.61 Å². The predicted octanol–water partition coefficient (Wildman–Crippen LogP) is 1.22. The molecular weight excluding hydrogens is 307 g/mol. The van der Waals surface area contributed by atoms with Crippen LogP contribution in [0.25, 0.3) is 21.5 Å². The van der Waals surface area contributed by atoms with Gasteiger partial charge in [-0.25, -0.2) is 0 Å². The van der Waals surface area contributed by atoms with E-state index in [-0.39, 0.29) is 42.5 Å². The molecular formula is C17H17NaO3S. The summed E-state index contributed by atoms with van der Waals surface area (Å²) in [6.07, 6.45) is 0.660. The van der Waals surface area contributed by atoms with Gasteiger partial charge in [0.2, 0.25) is 0 Å². The predicted molar refractivity (Wildman–Crippen MR) is 86.0 cm³/mol. The van der Waals surface area contributed by atoms with Crippen LogP contribution in [0.1, 0.15) is 14.8 Å². The summed E-state index contributed by atoms with van der Waals surface area (Å²) in [7, 11) is -3.72. The number of benzene rings is 3. The van der Waals surface area contributed by atoms with E-state index in [9.17, 15) is 8.42 Å². The largest absolute Gasteiger partial charge is 1.00 e. The molecule has 0 aromatic heterocycles. The van der Waals surface area contributed by atoms with Crippen molar-refractivity contribution in [2.45, 2.75) is 18.2 Å². The van der Waals surface area contributed by atoms with Crippen molar-refractivity contribution >= 4 is 31.7 Å². The monoisotopic (exact) mass is 324 g/mol. The van der Waals surface area contributed by atoms with Gasteiger partial charge in [0.25, 0.3) is 10.1 Å². The Labute approximate surface area is 154 Å². The molecule has 22 heavy (non-hydrogen) atoms. The summed E-state index contributed by atoms with van der Waals surface area (Å²) in [5.41, 5.74) is 0. The molecule has 0 aliphatic rings. The fourth-order valence-corrected chi connectivity index (χ4v) is 3.69. The van der Waals surface area contributed by atoms with Gasteiger partial charge in [0.05, 0.1) is 6.61 Å². The van der Waals surface area contributed by atoms with Gasteiger partial charge in [-0.2, -0.15) is 8.42 Å². The van der Waals surface area contributed by atoms with Crippen LogP contribution < -0.4 is 29.6 Å². The molecule has 0 heterocycles. The summed E-state index contributed by atoms with van der Waals surface area (Å²) in [5.74, 6) is 0. The molecule has 0 unspecified atom stereocenters. The van der Waals surface area contributed by atoms with Crippen LogP contribution in [0.5, 0.6) is 0 Å². The number of hydrogen-bond donors (Lipinski definition) is 0. The third-order valence-corrected chi connectivity index (χ3v) is 4.83. The van der Waals surface area contributed by atoms with E-state index in [4.69, 9.17) is 4.18 Å². The first-order valence-electron chi connectivity index (χ1n) is 6.93. The van der Waals surface area contributed by atoms with E-state index < -0.39 is 10.1 Å². The van der Waals surface area contributed by atoms with Crippen LogP contribution in [0.15, 0.2) is 59.5 Å². The molecule has 0 N–H and O–H groups in total. The van der Waals surface area contributed by atoms with Crippen LogP contribution in [-0.2, 0) is 14.3 Å². The Morgan fingerprint density at radius 3 is 2.41 bits per heavy atom.